The maximum absolute atomic E-state index is 5.47. The molecule has 4 heteroatoms. The highest BCUT2D eigenvalue weighted by molar-refractivity contribution is 9.10. The lowest BCUT2D eigenvalue weighted by molar-refractivity contribution is 0.118. The summed E-state index contributed by atoms with van der Waals surface area (Å²) in [5.41, 5.74) is 0.990. The van der Waals surface area contributed by atoms with E-state index < -0.39 is 0 Å². The fourth-order valence-corrected chi connectivity index (χ4v) is 1.63. The summed E-state index contributed by atoms with van der Waals surface area (Å²) in [7, 11) is 0. The highest BCUT2D eigenvalue weighted by atomic mass is 79.9. The van der Waals surface area contributed by atoms with E-state index in [-0.39, 0.29) is 0 Å². The molecule has 0 saturated heterocycles. The molecule has 0 amide bonds. The minimum Gasteiger partial charge on any atom is -0.375 e. The van der Waals surface area contributed by atoms with Gasteiger partial charge in [0.15, 0.2) is 0 Å². The van der Waals surface area contributed by atoms with E-state index in [9.17, 15) is 0 Å². The van der Waals surface area contributed by atoms with Crippen LogP contribution in [0.2, 0.25) is 0 Å². The van der Waals surface area contributed by atoms with Gasteiger partial charge in [-0.2, -0.15) is 5.10 Å². The van der Waals surface area contributed by atoms with Gasteiger partial charge in [0.25, 0.3) is 0 Å². The van der Waals surface area contributed by atoms with Crippen molar-refractivity contribution in [1.82, 2.24) is 9.78 Å². The lowest BCUT2D eigenvalue weighted by Gasteiger charge is -2.07. The van der Waals surface area contributed by atoms with Gasteiger partial charge in [-0.15, -0.1) is 0 Å². The van der Waals surface area contributed by atoms with Crippen molar-refractivity contribution in [2.24, 2.45) is 0 Å². The second-order valence-corrected chi connectivity index (χ2v) is 4.57. The SMILES string of the molecule is CCCOCc1nn(C(C)CC)cc1Br. The van der Waals surface area contributed by atoms with Crippen molar-refractivity contribution >= 4 is 15.9 Å². The Morgan fingerprint density at radius 2 is 2.27 bits per heavy atom. The molecular weight excluding hydrogens is 256 g/mol. The molecule has 0 spiro atoms. The van der Waals surface area contributed by atoms with Gasteiger partial charge in [0.05, 0.1) is 11.1 Å². The summed E-state index contributed by atoms with van der Waals surface area (Å²) in [5.74, 6) is 0. The molecule has 1 rings (SSSR count). The summed E-state index contributed by atoms with van der Waals surface area (Å²) in [5, 5.41) is 4.50. The first-order chi connectivity index (χ1) is 7.19. The molecular formula is C11H19BrN2O. The topological polar surface area (TPSA) is 27.1 Å². The highest BCUT2D eigenvalue weighted by Gasteiger charge is 2.09. The third-order valence-corrected chi connectivity index (χ3v) is 3.05. The second kappa shape index (κ2) is 6.28. The number of halogens is 1. The number of rotatable bonds is 6. The van der Waals surface area contributed by atoms with E-state index in [1.165, 1.54) is 0 Å². The van der Waals surface area contributed by atoms with Gasteiger partial charge in [-0.1, -0.05) is 13.8 Å². The van der Waals surface area contributed by atoms with Crippen molar-refractivity contribution in [2.45, 2.75) is 46.3 Å². The van der Waals surface area contributed by atoms with Gasteiger partial charge in [0.2, 0.25) is 0 Å². The third-order valence-electron chi connectivity index (χ3n) is 2.39. The molecule has 0 aliphatic rings. The number of aromatic nitrogens is 2. The molecule has 0 radical (unpaired) electrons. The number of hydrogen-bond acceptors (Lipinski definition) is 2. The first-order valence-electron chi connectivity index (χ1n) is 5.50. The van der Waals surface area contributed by atoms with Crippen LogP contribution < -0.4 is 0 Å². The summed E-state index contributed by atoms with van der Waals surface area (Å²) in [6, 6.07) is 0.446. The van der Waals surface area contributed by atoms with Crippen LogP contribution in [0.5, 0.6) is 0 Å². The smallest absolute Gasteiger partial charge is 0.102 e. The average molecular weight is 275 g/mol. The van der Waals surface area contributed by atoms with Gasteiger partial charge in [-0.05, 0) is 35.7 Å². The van der Waals surface area contributed by atoms with Crippen molar-refractivity contribution < 1.29 is 4.74 Å². The molecule has 1 unspecified atom stereocenters. The lowest BCUT2D eigenvalue weighted by atomic mass is 10.3. The number of nitrogens with zero attached hydrogens (tertiary/aromatic N) is 2. The van der Waals surface area contributed by atoms with Crippen LogP contribution in [-0.4, -0.2) is 16.4 Å². The Labute approximate surface area is 99.9 Å². The van der Waals surface area contributed by atoms with Gasteiger partial charge >= 0.3 is 0 Å². The molecule has 0 N–H and O–H groups in total. The molecule has 3 nitrogen and oxygen atoms in total. The molecule has 15 heavy (non-hydrogen) atoms. The summed E-state index contributed by atoms with van der Waals surface area (Å²) in [6.45, 7) is 7.82. The van der Waals surface area contributed by atoms with E-state index in [1.807, 2.05) is 10.9 Å². The average Bonchev–Trinajstić information content (AvgIpc) is 2.60. The second-order valence-electron chi connectivity index (χ2n) is 3.71. The van der Waals surface area contributed by atoms with Crippen LogP contribution in [0.15, 0.2) is 10.7 Å². The monoisotopic (exact) mass is 274 g/mol. The molecule has 0 saturated carbocycles. The number of hydrogen-bond donors (Lipinski definition) is 0. The quantitative estimate of drug-likeness (QED) is 0.742. The van der Waals surface area contributed by atoms with Crippen LogP contribution in [0.1, 0.15) is 45.3 Å². The van der Waals surface area contributed by atoms with Gasteiger partial charge in [0, 0.05) is 18.8 Å². The summed E-state index contributed by atoms with van der Waals surface area (Å²) in [6.07, 6.45) is 4.16. The molecule has 0 aliphatic heterocycles. The van der Waals surface area contributed by atoms with E-state index in [4.69, 9.17) is 4.74 Å². The van der Waals surface area contributed by atoms with Crippen LogP contribution in [0, 0.1) is 0 Å². The van der Waals surface area contributed by atoms with Crippen molar-refractivity contribution in [3.63, 3.8) is 0 Å². The van der Waals surface area contributed by atoms with Gasteiger partial charge in [-0.25, -0.2) is 0 Å². The fraction of sp³-hybridized carbons (Fsp3) is 0.727. The largest absolute Gasteiger partial charge is 0.375 e. The third kappa shape index (κ3) is 3.61. The van der Waals surface area contributed by atoms with Gasteiger partial charge in [0.1, 0.15) is 5.69 Å². The van der Waals surface area contributed by atoms with E-state index in [0.717, 1.165) is 29.6 Å². The zero-order valence-electron chi connectivity index (χ0n) is 9.66. The molecule has 0 fully saturated rings. The maximum Gasteiger partial charge on any atom is 0.102 e. The van der Waals surface area contributed by atoms with Crippen molar-refractivity contribution in [2.75, 3.05) is 6.61 Å². The van der Waals surface area contributed by atoms with E-state index >= 15 is 0 Å². The normalized spacial score (nSPS) is 13.1. The van der Waals surface area contributed by atoms with Crippen LogP contribution in [0.4, 0.5) is 0 Å². The van der Waals surface area contributed by atoms with Crippen LogP contribution in [-0.2, 0) is 11.3 Å². The molecule has 86 valence electrons. The minimum atomic E-state index is 0.446. The Kier molecular flexibility index (Phi) is 5.32. The maximum atomic E-state index is 5.47. The van der Waals surface area contributed by atoms with Crippen molar-refractivity contribution in [1.29, 1.82) is 0 Å². The van der Waals surface area contributed by atoms with Gasteiger partial charge in [-0.3, -0.25) is 4.68 Å². The Hall–Kier alpha value is -0.350. The Bertz CT molecular complexity index is 299. The first-order valence-corrected chi connectivity index (χ1v) is 6.29. The van der Waals surface area contributed by atoms with E-state index in [2.05, 4.69) is 41.8 Å². The summed E-state index contributed by atoms with van der Waals surface area (Å²) < 4.78 is 8.51. The number of ether oxygens (including phenoxy) is 1. The van der Waals surface area contributed by atoms with E-state index in [1.54, 1.807) is 0 Å². The van der Waals surface area contributed by atoms with Crippen molar-refractivity contribution in [3.8, 4) is 0 Å². The fourth-order valence-electron chi connectivity index (χ4n) is 1.23. The summed E-state index contributed by atoms with van der Waals surface area (Å²) >= 11 is 3.50. The van der Waals surface area contributed by atoms with Crippen LogP contribution in [0.25, 0.3) is 0 Å². The van der Waals surface area contributed by atoms with Crippen LogP contribution in [0.3, 0.4) is 0 Å². The molecule has 1 aromatic heterocycles. The molecule has 0 aromatic carbocycles. The molecule has 1 atom stereocenters. The predicted molar refractivity (Wildman–Crippen MR) is 64.9 cm³/mol. The van der Waals surface area contributed by atoms with Gasteiger partial charge < -0.3 is 4.74 Å². The lowest BCUT2D eigenvalue weighted by Crippen LogP contribution is -2.05. The predicted octanol–water partition coefficient (Wildman–Crippen LogP) is 3.54. The zero-order valence-corrected chi connectivity index (χ0v) is 11.2. The molecule has 1 aromatic rings. The molecule has 1 heterocycles. The first kappa shape index (κ1) is 12.7. The molecule has 0 bridgehead atoms. The van der Waals surface area contributed by atoms with Crippen LogP contribution >= 0.6 is 15.9 Å². The van der Waals surface area contributed by atoms with E-state index in [0.29, 0.717) is 12.6 Å². The Balaban J connectivity index is 2.60. The molecule has 0 aliphatic carbocycles. The standard InChI is InChI=1S/C11H19BrN2O/c1-4-6-15-8-11-10(12)7-14(13-11)9(3)5-2/h7,9H,4-6,8H2,1-3H3. The zero-order chi connectivity index (χ0) is 11.3. The Morgan fingerprint density at radius 3 is 2.87 bits per heavy atom. The summed E-state index contributed by atoms with van der Waals surface area (Å²) in [4.78, 5) is 0. The Morgan fingerprint density at radius 1 is 1.53 bits per heavy atom. The van der Waals surface area contributed by atoms with Crippen molar-refractivity contribution in [3.05, 3.63) is 16.4 Å². The minimum absolute atomic E-state index is 0.446. The highest BCUT2D eigenvalue weighted by Crippen LogP contribution is 2.19.